The number of nitrogens with one attached hydrogen (secondary N) is 1. The highest BCUT2D eigenvalue weighted by molar-refractivity contribution is 7.92. The summed E-state index contributed by atoms with van der Waals surface area (Å²) in [7, 11) is -3.72. The Balaban J connectivity index is 1.61. The average molecular weight is 649 g/mol. The molecule has 7 nitrogen and oxygen atoms in total. The fourth-order valence-electron chi connectivity index (χ4n) is 6.55. The third-order valence-electron chi connectivity index (χ3n) is 9.11. The molecule has 0 bridgehead atoms. The van der Waals surface area contributed by atoms with Gasteiger partial charge in [0.25, 0.3) is 5.91 Å². The van der Waals surface area contributed by atoms with E-state index in [1.165, 1.54) is 32.4 Å². The molecule has 240 valence electrons. The number of carbonyl (C=O) groups is 1. The summed E-state index contributed by atoms with van der Waals surface area (Å²) in [5, 5.41) is 2.99. The molecule has 45 heavy (non-hydrogen) atoms. The number of pyridine rings is 1. The number of halogens is 1. The van der Waals surface area contributed by atoms with Gasteiger partial charge in [0, 0.05) is 30.1 Å². The van der Waals surface area contributed by atoms with Gasteiger partial charge in [-0.15, -0.1) is 0 Å². The molecular formula is C36H45ClN4O3S. The van der Waals surface area contributed by atoms with Crippen molar-refractivity contribution in [3.63, 3.8) is 0 Å². The predicted molar refractivity (Wildman–Crippen MR) is 184 cm³/mol. The van der Waals surface area contributed by atoms with E-state index in [1.54, 1.807) is 26.0 Å². The Morgan fingerprint density at radius 3 is 2.42 bits per heavy atom. The molecule has 0 aliphatic carbocycles. The second-order valence-corrected chi connectivity index (χ2v) is 15.4. The van der Waals surface area contributed by atoms with E-state index in [0.717, 1.165) is 37.1 Å². The Labute approximate surface area is 273 Å². The van der Waals surface area contributed by atoms with Crippen LogP contribution in [0.3, 0.4) is 0 Å². The van der Waals surface area contributed by atoms with Gasteiger partial charge in [-0.3, -0.25) is 9.69 Å². The number of sulfone groups is 1. The molecule has 9 heteroatoms. The topological polar surface area (TPSA) is 82.6 Å². The molecule has 0 radical (unpaired) electrons. The normalized spacial score (nSPS) is 17.4. The van der Waals surface area contributed by atoms with Crippen LogP contribution in [0, 0.1) is 0 Å². The minimum atomic E-state index is -3.72. The third-order valence-corrected chi connectivity index (χ3v) is 11.7. The smallest absolute Gasteiger partial charge is 0.252 e. The number of benzene rings is 2. The number of fused-ring (bicyclic) bond motifs is 1. The van der Waals surface area contributed by atoms with Crippen LogP contribution in [0.1, 0.15) is 80.1 Å². The summed E-state index contributed by atoms with van der Waals surface area (Å²) in [4.78, 5) is 24.3. The molecule has 2 aromatic carbocycles. The summed E-state index contributed by atoms with van der Waals surface area (Å²) in [6.45, 7) is 14.5. The van der Waals surface area contributed by atoms with E-state index in [0.29, 0.717) is 46.9 Å². The van der Waals surface area contributed by atoms with Crippen molar-refractivity contribution in [1.82, 2.24) is 20.1 Å². The lowest BCUT2D eigenvalue weighted by atomic mass is 9.94. The van der Waals surface area contributed by atoms with E-state index in [9.17, 15) is 13.2 Å². The molecule has 3 heterocycles. The zero-order valence-corrected chi connectivity index (χ0v) is 28.3. The van der Waals surface area contributed by atoms with Crippen LogP contribution in [-0.4, -0.2) is 66.6 Å². The minimum Gasteiger partial charge on any atom is -0.348 e. The Kier molecular flexibility index (Phi) is 10.8. The van der Waals surface area contributed by atoms with Crippen LogP contribution in [-0.2, 0) is 22.9 Å². The molecule has 0 spiro atoms. The average Bonchev–Trinajstić information content (AvgIpc) is 3.04. The highest BCUT2D eigenvalue weighted by Gasteiger charge is 2.30. The zero-order chi connectivity index (χ0) is 32.1. The van der Waals surface area contributed by atoms with Crippen molar-refractivity contribution in [3.05, 3.63) is 88.6 Å². The van der Waals surface area contributed by atoms with E-state index in [1.807, 2.05) is 49.4 Å². The van der Waals surface area contributed by atoms with Gasteiger partial charge in [0.1, 0.15) is 0 Å². The minimum absolute atomic E-state index is 0.0129. The molecule has 1 N–H and O–H groups in total. The van der Waals surface area contributed by atoms with Crippen molar-refractivity contribution in [2.75, 3.05) is 26.2 Å². The fourth-order valence-corrected chi connectivity index (χ4v) is 8.15. The van der Waals surface area contributed by atoms with Crippen LogP contribution in [0.5, 0.6) is 0 Å². The van der Waals surface area contributed by atoms with Crippen molar-refractivity contribution in [2.45, 2.75) is 82.2 Å². The van der Waals surface area contributed by atoms with Crippen molar-refractivity contribution in [2.24, 2.45) is 0 Å². The molecule has 0 saturated carbocycles. The molecular weight excluding hydrogens is 604 g/mol. The number of carbonyl (C=O) groups excluding carboxylic acids is 1. The Morgan fingerprint density at radius 2 is 1.78 bits per heavy atom. The van der Waals surface area contributed by atoms with Crippen LogP contribution >= 0.6 is 11.6 Å². The van der Waals surface area contributed by atoms with Crippen LogP contribution in [0.4, 0.5) is 0 Å². The van der Waals surface area contributed by atoms with Gasteiger partial charge >= 0.3 is 0 Å². The molecule has 0 atom stereocenters. The number of amides is 1. The van der Waals surface area contributed by atoms with E-state index < -0.39 is 15.1 Å². The quantitative estimate of drug-likeness (QED) is 0.238. The van der Waals surface area contributed by atoms with E-state index in [2.05, 4.69) is 21.7 Å². The summed E-state index contributed by atoms with van der Waals surface area (Å²) in [6.07, 6.45) is 9.83. The summed E-state index contributed by atoms with van der Waals surface area (Å²) in [5.74, 6) is -0.283. The van der Waals surface area contributed by atoms with Crippen molar-refractivity contribution in [1.29, 1.82) is 0 Å². The lowest BCUT2D eigenvalue weighted by Gasteiger charge is -2.40. The van der Waals surface area contributed by atoms with Crippen LogP contribution in [0.25, 0.3) is 16.5 Å². The SMILES string of the molecule is C=C(C=CC)c1nc2cc(Cl)c(S(=O)(=O)C(C)C)cc2c(C(=O)NCc2ccccc2)c1CN1CCC(N2CCCCC2)CC1. The van der Waals surface area contributed by atoms with Gasteiger partial charge in [-0.2, -0.15) is 0 Å². The molecule has 2 aliphatic heterocycles. The number of allylic oxidation sites excluding steroid dienone is 3. The number of aromatic nitrogens is 1. The molecule has 0 unspecified atom stereocenters. The monoisotopic (exact) mass is 648 g/mol. The van der Waals surface area contributed by atoms with E-state index in [-0.39, 0.29) is 15.8 Å². The molecule has 1 aromatic heterocycles. The van der Waals surface area contributed by atoms with E-state index >= 15 is 0 Å². The second-order valence-electron chi connectivity index (χ2n) is 12.5. The first kappa shape index (κ1) is 33.3. The lowest BCUT2D eigenvalue weighted by molar-refractivity contribution is 0.0884. The van der Waals surface area contributed by atoms with Gasteiger partial charge in [0.2, 0.25) is 0 Å². The molecule has 2 saturated heterocycles. The molecule has 2 aliphatic rings. The number of hydrogen-bond acceptors (Lipinski definition) is 6. The van der Waals surface area contributed by atoms with E-state index in [4.69, 9.17) is 16.6 Å². The molecule has 2 fully saturated rings. The lowest BCUT2D eigenvalue weighted by Crippen LogP contribution is -2.46. The van der Waals surface area contributed by atoms with Crippen LogP contribution in [0.15, 0.2) is 66.1 Å². The first-order valence-corrected chi connectivity index (χ1v) is 18.0. The number of piperidine rings is 2. The number of rotatable bonds is 10. The van der Waals surface area contributed by atoms with Gasteiger partial charge in [-0.1, -0.05) is 67.1 Å². The summed E-state index contributed by atoms with van der Waals surface area (Å²) < 4.78 is 26.7. The Bertz CT molecular complexity index is 1670. The van der Waals surface area contributed by atoms with Crippen LogP contribution < -0.4 is 5.32 Å². The molecule has 5 rings (SSSR count). The maximum Gasteiger partial charge on any atom is 0.252 e. The molecule has 3 aromatic rings. The first-order valence-electron chi connectivity index (χ1n) is 16.1. The fraction of sp³-hybridized carbons (Fsp3) is 0.444. The summed E-state index contributed by atoms with van der Waals surface area (Å²) in [6, 6.07) is 13.4. The number of nitrogens with zero attached hydrogens (tertiary/aromatic N) is 3. The van der Waals surface area contributed by atoms with Gasteiger partial charge in [-0.05, 0) is 95.9 Å². The van der Waals surface area contributed by atoms with Gasteiger partial charge in [-0.25, -0.2) is 13.4 Å². The second kappa shape index (κ2) is 14.6. The summed E-state index contributed by atoms with van der Waals surface area (Å²) in [5.41, 5.74) is 3.91. The molecule has 1 amide bonds. The largest absolute Gasteiger partial charge is 0.348 e. The van der Waals surface area contributed by atoms with Gasteiger partial charge in [0.15, 0.2) is 9.84 Å². The maximum atomic E-state index is 14.3. The van der Waals surface area contributed by atoms with Gasteiger partial charge in [0.05, 0.1) is 31.9 Å². The standard InChI is InChI=1S/C36H45ClN4O3S/c1-5-12-26(4)35-30(24-40-19-15-28(16-20-40)41-17-10-7-11-18-41)34(36(42)38-23-27-13-8-6-9-14-27)29-21-33(45(43,44)25(2)3)31(37)22-32(29)39-35/h5-6,8-9,12-14,21-22,25,28H,4,7,10-11,15-20,23-24H2,1-3H3,(H,38,42). The highest BCUT2D eigenvalue weighted by atomic mass is 35.5. The van der Waals surface area contributed by atoms with Crippen LogP contribution in [0.2, 0.25) is 5.02 Å². The Hall–Kier alpha value is -3.04. The van der Waals surface area contributed by atoms with Crippen molar-refractivity contribution < 1.29 is 13.2 Å². The third kappa shape index (κ3) is 7.51. The van der Waals surface area contributed by atoms with Crippen molar-refractivity contribution >= 4 is 43.8 Å². The number of hydrogen-bond donors (Lipinski definition) is 1. The zero-order valence-electron chi connectivity index (χ0n) is 26.7. The Morgan fingerprint density at radius 1 is 1.09 bits per heavy atom. The first-order chi connectivity index (χ1) is 21.6. The van der Waals surface area contributed by atoms with Crippen molar-refractivity contribution in [3.8, 4) is 0 Å². The van der Waals surface area contributed by atoms with Gasteiger partial charge < -0.3 is 10.2 Å². The predicted octanol–water partition coefficient (Wildman–Crippen LogP) is 7.04. The summed E-state index contributed by atoms with van der Waals surface area (Å²) >= 11 is 6.60. The highest BCUT2D eigenvalue weighted by Crippen LogP contribution is 2.35. The maximum absolute atomic E-state index is 14.3. The number of likely N-dealkylation sites (tertiary alicyclic amines) is 2.